The Kier molecular flexibility index (Phi) is 16.4. The monoisotopic (exact) mass is 545 g/mol. The molecule has 0 heterocycles. The second kappa shape index (κ2) is 17.8. The molecule has 0 aliphatic heterocycles. The van der Waals surface area contributed by atoms with Gasteiger partial charge in [0.05, 0.1) is 24.5 Å². The van der Waals surface area contributed by atoms with Crippen molar-refractivity contribution < 1.29 is 19.4 Å². The van der Waals surface area contributed by atoms with Crippen molar-refractivity contribution in [2.45, 2.75) is 122 Å². The Morgan fingerprint density at radius 1 is 0.941 bits per heavy atom. The quantitative estimate of drug-likeness (QED) is 0.234. The van der Waals surface area contributed by atoms with Crippen molar-refractivity contribution in [3.05, 3.63) is 0 Å². The minimum absolute atomic E-state index is 0.0196. The van der Waals surface area contributed by atoms with Crippen LogP contribution >= 0.6 is 15.9 Å². The van der Waals surface area contributed by atoms with E-state index in [0.717, 1.165) is 12.8 Å². The van der Waals surface area contributed by atoms with Crippen LogP contribution in [0.1, 0.15) is 118 Å². The molecule has 1 rings (SSSR count). The van der Waals surface area contributed by atoms with E-state index in [-0.39, 0.29) is 41.7 Å². The van der Waals surface area contributed by atoms with Crippen LogP contribution in [-0.4, -0.2) is 41.6 Å². The number of carbonyl (C=O) groups excluding carboxylic acids is 2. The third-order valence-electron chi connectivity index (χ3n) is 7.84. The molecule has 1 fully saturated rings. The van der Waals surface area contributed by atoms with Gasteiger partial charge in [-0.25, -0.2) is 0 Å². The Bertz CT molecular complexity index is 553. The van der Waals surface area contributed by atoms with Gasteiger partial charge in [0.1, 0.15) is 0 Å². The normalized spacial score (nSPS) is 20.5. The maximum absolute atomic E-state index is 13.1. The lowest BCUT2D eigenvalue weighted by molar-refractivity contribution is -0.159. The fourth-order valence-electron chi connectivity index (χ4n) is 4.84. The van der Waals surface area contributed by atoms with Crippen LogP contribution in [0.5, 0.6) is 0 Å². The Balaban J connectivity index is 2.62. The van der Waals surface area contributed by atoms with E-state index in [1.54, 1.807) is 0 Å². The molecule has 0 aromatic carbocycles. The summed E-state index contributed by atoms with van der Waals surface area (Å²) in [6.07, 6.45) is 17.5. The summed E-state index contributed by atoms with van der Waals surface area (Å²) in [4.78, 5) is 25.7. The second-order valence-electron chi connectivity index (χ2n) is 11.1. The molecule has 0 bridgehead atoms. The molecule has 3 unspecified atom stereocenters. The molecule has 0 aromatic rings. The van der Waals surface area contributed by atoms with E-state index in [1.807, 2.05) is 27.7 Å². The predicted octanol–water partition coefficient (Wildman–Crippen LogP) is 6.79. The third-order valence-corrected chi connectivity index (χ3v) is 8.48. The molecule has 3 atom stereocenters. The standard InChI is InChI=1S/C28H52BrNO4/c1-22(20-25(23(2)29)26(32)30-18-19-31)28(3,4)27(33)34-21-24-16-14-12-10-8-6-5-7-9-11-13-15-17-24/h22-25,31H,5-21H2,1-4H3,(H,30,32). The van der Waals surface area contributed by atoms with Gasteiger partial charge in [-0.15, -0.1) is 0 Å². The maximum atomic E-state index is 13.1. The number of ether oxygens (including phenoxy) is 1. The van der Waals surface area contributed by atoms with Crippen LogP contribution in [0, 0.1) is 23.2 Å². The van der Waals surface area contributed by atoms with Crippen molar-refractivity contribution in [1.29, 1.82) is 0 Å². The van der Waals surface area contributed by atoms with Crippen LogP contribution in [0.15, 0.2) is 0 Å². The van der Waals surface area contributed by atoms with E-state index in [1.165, 1.54) is 70.6 Å². The van der Waals surface area contributed by atoms with Crippen molar-refractivity contribution >= 4 is 27.8 Å². The van der Waals surface area contributed by atoms with E-state index in [9.17, 15) is 9.59 Å². The Hall–Kier alpha value is -0.620. The Morgan fingerprint density at radius 2 is 1.41 bits per heavy atom. The first-order valence-corrected chi connectivity index (χ1v) is 14.8. The highest BCUT2D eigenvalue weighted by molar-refractivity contribution is 9.09. The molecule has 0 spiro atoms. The number of nitrogens with one attached hydrogen (secondary N) is 1. The fraction of sp³-hybridized carbons (Fsp3) is 0.929. The van der Waals surface area contributed by atoms with Gasteiger partial charge in [-0.1, -0.05) is 100 Å². The van der Waals surface area contributed by atoms with Crippen molar-refractivity contribution in [3.63, 3.8) is 0 Å². The van der Waals surface area contributed by atoms with Crippen LogP contribution in [-0.2, 0) is 14.3 Å². The molecule has 1 saturated carbocycles. The maximum Gasteiger partial charge on any atom is 0.311 e. The van der Waals surface area contributed by atoms with Crippen molar-refractivity contribution in [2.75, 3.05) is 19.8 Å². The molecular weight excluding hydrogens is 494 g/mol. The number of amides is 1. The summed E-state index contributed by atoms with van der Waals surface area (Å²) in [5.41, 5.74) is -0.668. The zero-order valence-electron chi connectivity index (χ0n) is 22.4. The molecule has 0 radical (unpaired) electrons. The van der Waals surface area contributed by atoms with Crippen LogP contribution < -0.4 is 5.32 Å². The molecule has 34 heavy (non-hydrogen) atoms. The Morgan fingerprint density at radius 3 is 1.85 bits per heavy atom. The van der Waals surface area contributed by atoms with Gasteiger partial charge in [0.25, 0.3) is 0 Å². The van der Waals surface area contributed by atoms with Gasteiger partial charge in [-0.2, -0.15) is 0 Å². The van der Waals surface area contributed by atoms with Gasteiger partial charge in [0.15, 0.2) is 0 Å². The Labute approximate surface area is 217 Å². The lowest BCUT2D eigenvalue weighted by Gasteiger charge is -2.33. The average molecular weight is 547 g/mol. The van der Waals surface area contributed by atoms with E-state index >= 15 is 0 Å². The summed E-state index contributed by atoms with van der Waals surface area (Å²) >= 11 is 3.55. The minimum Gasteiger partial charge on any atom is -0.465 e. The number of hydrogen-bond acceptors (Lipinski definition) is 4. The topological polar surface area (TPSA) is 75.6 Å². The highest BCUT2D eigenvalue weighted by Gasteiger charge is 2.39. The van der Waals surface area contributed by atoms with Crippen molar-refractivity contribution in [3.8, 4) is 0 Å². The first-order chi connectivity index (χ1) is 16.2. The van der Waals surface area contributed by atoms with Crippen LogP contribution in [0.25, 0.3) is 0 Å². The minimum atomic E-state index is -0.668. The van der Waals surface area contributed by atoms with Gasteiger partial charge in [-0.05, 0) is 44.9 Å². The SMILES string of the molecule is CC(Br)C(CC(C)C(C)(C)C(=O)OCC1CCCCCCCCCCCCC1)C(=O)NCCO. The average Bonchev–Trinajstić information content (AvgIpc) is 2.80. The second-order valence-corrected chi connectivity index (χ2v) is 12.5. The van der Waals surface area contributed by atoms with Crippen molar-refractivity contribution in [1.82, 2.24) is 5.32 Å². The lowest BCUT2D eigenvalue weighted by atomic mass is 9.74. The molecule has 0 aromatic heterocycles. The molecule has 0 saturated heterocycles. The third kappa shape index (κ3) is 12.4. The summed E-state index contributed by atoms with van der Waals surface area (Å²) in [5.74, 6) is -0.0787. The van der Waals surface area contributed by atoms with Gasteiger partial charge < -0.3 is 15.2 Å². The molecule has 200 valence electrons. The van der Waals surface area contributed by atoms with Crippen LogP contribution in [0.4, 0.5) is 0 Å². The number of halogens is 1. The zero-order valence-corrected chi connectivity index (χ0v) is 24.0. The van der Waals surface area contributed by atoms with Crippen molar-refractivity contribution in [2.24, 2.45) is 23.2 Å². The summed E-state index contributed by atoms with van der Waals surface area (Å²) < 4.78 is 5.92. The molecular formula is C28H52BrNO4. The predicted molar refractivity (Wildman–Crippen MR) is 144 cm³/mol. The molecule has 2 N–H and O–H groups in total. The van der Waals surface area contributed by atoms with Crippen LogP contribution in [0.2, 0.25) is 0 Å². The van der Waals surface area contributed by atoms with E-state index in [2.05, 4.69) is 21.2 Å². The first-order valence-electron chi connectivity index (χ1n) is 13.9. The first kappa shape index (κ1) is 31.4. The summed E-state index contributed by atoms with van der Waals surface area (Å²) in [5, 5.41) is 11.8. The van der Waals surface area contributed by atoms with Gasteiger partial charge in [0, 0.05) is 11.4 Å². The number of hydrogen-bond donors (Lipinski definition) is 2. The fourth-order valence-corrected chi connectivity index (χ4v) is 5.29. The largest absolute Gasteiger partial charge is 0.465 e. The summed E-state index contributed by atoms with van der Waals surface area (Å²) in [6.45, 7) is 8.55. The van der Waals surface area contributed by atoms with E-state index in [4.69, 9.17) is 9.84 Å². The number of aliphatic hydroxyl groups is 1. The lowest BCUT2D eigenvalue weighted by Crippen LogP contribution is -2.41. The van der Waals surface area contributed by atoms with Crippen LogP contribution in [0.3, 0.4) is 0 Å². The molecule has 1 aliphatic carbocycles. The molecule has 1 aliphatic rings. The zero-order chi connectivity index (χ0) is 25.4. The molecule has 1 amide bonds. The molecule has 5 nitrogen and oxygen atoms in total. The van der Waals surface area contributed by atoms with E-state index in [0.29, 0.717) is 18.9 Å². The van der Waals surface area contributed by atoms with Gasteiger partial charge in [0.2, 0.25) is 5.91 Å². The summed E-state index contributed by atoms with van der Waals surface area (Å²) in [7, 11) is 0. The smallest absolute Gasteiger partial charge is 0.311 e. The van der Waals surface area contributed by atoms with Gasteiger partial charge in [-0.3, -0.25) is 9.59 Å². The highest BCUT2D eigenvalue weighted by Crippen LogP contribution is 2.35. The van der Waals surface area contributed by atoms with E-state index < -0.39 is 5.41 Å². The summed E-state index contributed by atoms with van der Waals surface area (Å²) in [6, 6.07) is 0. The number of esters is 1. The number of carbonyl (C=O) groups is 2. The van der Waals surface area contributed by atoms with Gasteiger partial charge >= 0.3 is 5.97 Å². The molecule has 6 heteroatoms. The number of aliphatic hydroxyl groups excluding tert-OH is 1. The number of rotatable bonds is 10. The number of alkyl halides is 1. The highest BCUT2D eigenvalue weighted by atomic mass is 79.9.